The molecule has 0 radical (unpaired) electrons. The monoisotopic (exact) mass is 519 g/mol. The van der Waals surface area contributed by atoms with Crippen LogP contribution in [0.3, 0.4) is 0 Å². The first-order valence-electron chi connectivity index (χ1n) is 12.3. The van der Waals surface area contributed by atoms with Crippen LogP contribution < -0.4 is 16.0 Å². The minimum Gasteiger partial charge on any atom is -0.387 e. The third-order valence-corrected chi connectivity index (χ3v) is 6.83. The van der Waals surface area contributed by atoms with Gasteiger partial charge in [0.15, 0.2) is 0 Å². The van der Waals surface area contributed by atoms with Gasteiger partial charge in [0.05, 0.1) is 44.7 Å². The van der Waals surface area contributed by atoms with Crippen LogP contribution in [0.4, 0.5) is 26.0 Å². The van der Waals surface area contributed by atoms with Crippen LogP contribution in [-0.4, -0.2) is 51.5 Å². The van der Waals surface area contributed by atoms with E-state index in [2.05, 4.69) is 25.9 Å². The summed E-state index contributed by atoms with van der Waals surface area (Å²) in [5.41, 5.74) is 0.743. The van der Waals surface area contributed by atoms with Crippen molar-refractivity contribution in [2.45, 2.75) is 77.9 Å². The molecule has 4 N–H and O–H groups in total. The summed E-state index contributed by atoms with van der Waals surface area (Å²) < 4.78 is 29.5. The number of aliphatic hydroxyl groups is 1. The van der Waals surface area contributed by atoms with Crippen LogP contribution >= 0.6 is 11.3 Å². The van der Waals surface area contributed by atoms with Crippen molar-refractivity contribution in [1.82, 2.24) is 15.3 Å². The lowest BCUT2D eigenvalue weighted by Crippen LogP contribution is -2.42. The molecule has 36 heavy (non-hydrogen) atoms. The van der Waals surface area contributed by atoms with Gasteiger partial charge in [-0.05, 0) is 58.2 Å². The molecule has 0 saturated heterocycles. The third kappa shape index (κ3) is 6.88. The molecule has 1 aliphatic carbocycles. The third-order valence-electron chi connectivity index (χ3n) is 5.90. The van der Waals surface area contributed by atoms with E-state index in [1.807, 2.05) is 39.0 Å². The van der Waals surface area contributed by atoms with E-state index in [0.717, 1.165) is 27.3 Å². The molecule has 0 bridgehead atoms. The number of nitrogens with zero attached hydrogens (tertiary/aromatic N) is 2. The average Bonchev–Trinajstić information content (AvgIpc) is 3.41. The summed E-state index contributed by atoms with van der Waals surface area (Å²) in [7, 11) is 0. The Morgan fingerprint density at radius 3 is 2.69 bits per heavy atom. The molecule has 0 aliphatic heterocycles. The fraction of sp³-hybridized carbons (Fsp3) is 0.500. The number of rotatable bonds is 8. The second-order valence-electron chi connectivity index (χ2n) is 9.18. The molecule has 10 heteroatoms. The van der Waals surface area contributed by atoms with Crippen LogP contribution in [0, 0.1) is 6.92 Å². The lowest BCUT2D eigenvalue weighted by Gasteiger charge is -2.23. The van der Waals surface area contributed by atoms with Gasteiger partial charge in [-0.25, -0.2) is 18.7 Å². The van der Waals surface area contributed by atoms with Crippen molar-refractivity contribution in [3.8, 4) is 0 Å². The zero-order chi connectivity index (χ0) is 26.5. The van der Waals surface area contributed by atoms with E-state index in [0.29, 0.717) is 24.3 Å². The Hall–Kier alpha value is -2.85. The summed E-state index contributed by atoms with van der Waals surface area (Å²) in [5, 5.41) is 19.6. The zero-order valence-corrected chi connectivity index (χ0v) is 22.2. The molecule has 3 aromatic rings. The maximum Gasteiger partial charge on any atom is 0.255 e. The number of aryl methyl sites for hydroxylation is 1. The summed E-state index contributed by atoms with van der Waals surface area (Å²) in [6, 6.07) is 7.03. The number of benzene rings is 1. The second kappa shape index (κ2) is 11.9. The molecule has 1 aliphatic rings. The number of thiazole rings is 1. The highest BCUT2D eigenvalue weighted by molar-refractivity contribution is 7.18. The lowest BCUT2D eigenvalue weighted by molar-refractivity contribution is -0.00177. The Kier molecular flexibility index (Phi) is 9.19. The molecule has 4 rings (SSSR count). The first kappa shape index (κ1) is 27.7. The van der Waals surface area contributed by atoms with Crippen LogP contribution in [-0.2, 0) is 0 Å². The zero-order valence-electron chi connectivity index (χ0n) is 21.4. The van der Waals surface area contributed by atoms with E-state index >= 15 is 0 Å². The average molecular weight is 520 g/mol. The number of hydrogen-bond donors (Lipinski definition) is 4. The number of fused-ring (bicyclic) bond motifs is 1. The van der Waals surface area contributed by atoms with Crippen molar-refractivity contribution in [2.24, 2.45) is 0 Å². The van der Waals surface area contributed by atoms with Gasteiger partial charge in [0.25, 0.3) is 5.91 Å². The van der Waals surface area contributed by atoms with Gasteiger partial charge in [0.2, 0.25) is 0 Å². The fourth-order valence-corrected chi connectivity index (χ4v) is 4.76. The standard InChI is InChI=1S/C24H29F2N5O2S.C2H6/c1-13-29-18-8-7-14(9-20(18)34-13)30-22-10-19(31-17-6-4-5-16(17)25)15(11-27-22)23(32)28-12-21(26)24(2,3)33;1-2/h7-11,16-17,21,33H,4-6,12H2,1-3H3,(H,28,32)(H2,27,30,31);1-2H3. The number of carbonyl (C=O) groups excluding carboxylic acids is 1. The quantitative estimate of drug-likeness (QED) is 0.295. The van der Waals surface area contributed by atoms with Gasteiger partial charge in [0.1, 0.15) is 18.2 Å². The smallest absolute Gasteiger partial charge is 0.255 e. The molecule has 3 unspecified atom stereocenters. The van der Waals surface area contributed by atoms with Gasteiger partial charge in [0, 0.05) is 18.0 Å². The summed E-state index contributed by atoms with van der Waals surface area (Å²) in [6.45, 7) is 8.27. The van der Waals surface area contributed by atoms with Crippen molar-refractivity contribution in [2.75, 3.05) is 17.2 Å². The Bertz CT molecular complexity index is 1180. The SMILES string of the molecule is CC.Cc1nc2ccc(Nc3cc(NC4CCCC4F)c(C(=O)NCC(F)C(C)(C)O)cn3)cc2s1. The molecule has 2 heterocycles. The van der Waals surface area contributed by atoms with E-state index in [-0.39, 0.29) is 12.1 Å². The van der Waals surface area contributed by atoms with Crippen molar-refractivity contribution in [3.63, 3.8) is 0 Å². The topological polar surface area (TPSA) is 99.2 Å². The maximum absolute atomic E-state index is 14.3. The number of carbonyl (C=O) groups is 1. The first-order valence-corrected chi connectivity index (χ1v) is 13.1. The fourth-order valence-electron chi connectivity index (χ4n) is 3.89. The molecule has 1 amide bonds. The van der Waals surface area contributed by atoms with Gasteiger partial charge in [-0.1, -0.05) is 13.8 Å². The van der Waals surface area contributed by atoms with E-state index < -0.39 is 29.9 Å². The maximum atomic E-state index is 14.3. The first-order chi connectivity index (χ1) is 17.1. The van der Waals surface area contributed by atoms with Crippen molar-refractivity contribution >= 4 is 44.7 Å². The molecule has 1 saturated carbocycles. The van der Waals surface area contributed by atoms with E-state index in [4.69, 9.17) is 0 Å². The number of halogens is 2. The van der Waals surface area contributed by atoms with Gasteiger partial charge in [-0.3, -0.25) is 4.79 Å². The number of amides is 1. The summed E-state index contributed by atoms with van der Waals surface area (Å²) in [4.78, 5) is 21.6. The van der Waals surface area contributed by atoms with Gasteiger partial charge in [-0.2, -0.15) is 0 Å². The van der Waals surface area contributed by atoms with Crippen molar-refractivity contribution < 1.29 is 18.7 Å². The number of aromatic nitrogens is 2. The molecule has 1 fully saturated rings. The summed E-state index contributed by atoms with van der Waals surface area (Å²) in [6.07, 6.45) is 0.619. The highest BCUT2D eigenvalue weighted by Crippen LogP contribution is 2.30. The minimum atomic E-state index is -1.64. The predicted molar refractivity (Wildman–Crippen MR) is 143 cm³/mol. The molecule has 2 aromatic heterocycles. The van der Waals surface area contributed by atoms with Gasteiger partial charge in [-0.15, -0.1) is 11.3 Å². The number of anilines is 3. The molecule has 7 nitrogen and oxygen atoms in total. The van der Waals surface area contributed by atoms with Crippen molar-refractivity contribution in [1.29, 1.82) is 0 Å². The Labute approximate surface area is 214 Å². The predicted octanol–water partition coefficient (Wildman–Crippen LogP) is 5.91. The summed E-state index contributed by atoms with van der Waals surface area (Å²) >= 11 is 1.59. The molecular formula is C26H35F2N5O2S. The largest absolute Gasteiger partial charge is 0.387 e. The molecule has 3 atom stereocenters. The molecule has 0 spiro atoms. The number of alkyl halides is 2. The number of nitrogens with one attached hydrogen (secondary N) is 3. The number of pyridine rings is 1. The second-order valence-corrected chi connectivity index (χ2v) is 10.4. The van der Waals surface area contributed by atoms with Crippen molar-refractivity contribution in [3.05, 3.63) is 41.0 Å². The van der Waals surface area contributed by atoms with Crippen LogP contribution in [0.15, 0.2) is 30.5 Å². The normalized spacial score (nSPS) is 18.3. The van der Waals surface area contributed by atoms with E-state index in [1.54, 1.807) is 17.4 Å². The van der Waals surface area contributed by atoms with Crippen LogP contribution in [0.5, 0.6) is 0 Å². The Morgan fingerprint density at radius 2 is 2.03 bits per heavy atom. The highest BCUT2D eigenvalue weighted by Gasteiger charge is 2.29. The van der Waals surface area contributed by atoms with E-state index in [1.165, 1.54) is 20.0 Å². The molecule has 1 aromatic carbocycles. The molecule has 196 valence electrons. The van der Waals surface area contributed by atoms with Gasteiger partial charge < -0.3 is 21.1 Å². The Balaban J connectivity index is 0.00000176. The molecular weight excluding hydrogens is 484 g/mol. The van der Waals surface area contributed by atoms with Crippen LogP contribution in [0.25, 0.3) is 10.2 Å². The highest BCUT2D eigenvalue weighted by atomic mass is 32.1. The minimum absolute atomic E-state index is 0.182. The Morgan fingerprint density at radius 1 is 1.28 bits per heavy atom. The van der Waals surface area contributed by atoms with Gasteiger partial charge >= 0.3 is 0 Å². The van der Waals surface area contributed by atoms with Crippen LogP contribution in [0.1, 0.15) is 62.3 Å². The van der Waals surface area contributed by atoms with E-state index in [9.17, 15) is 18.7 Å². The lowest BCUT2D eigenvalue weighted by atomic mass is 10.0. The van der Waals surface area contributed by atoms with Crippen LogP contribution in [0.2, 0.25) is 0 Å². The number of hydrogen-bond acceptors (Lipinski definition) is 7. The summed E-state index contributed by atoms with van der Waals surface area (Å²) in [5.74, 6) is -0.0729.